The van der Waals surface area contributed by atoms with Gasteiger partial charge in [0.15, 0.2) is 0 Å². The molecule has 0 bridgehead atoms. The monoisotopic (exact) mass is 302 g/mol. The highest BCUT2D eigenvalue weighted by Crippen LogP contribution is 2.11. The van der Waals surface area contributed by atoms with Crippen molar-refractivity contribution in [2.45, 2.75) is 6.42 Å². The van der Waals surface area contributed by atoms with Crippen LogP contribution >= 0.6 is 12.2 Å². The van der Waals surface area contributed by atoms with Gasteiger partial charge in [-0.1, -0.05) is 12.2 Å². The Bertz CT molecular complexity index is 477. The first-order valence-electron chi connectivity index (χ1n) is 5.96. The second-order valence-corrected chi connectivity index (χ2v) is 4.68. The third kappa shape index (κ3) is 5.18. The summed E-state index contributed by atoms with van der Waals surface area (Å²) < 4.78 is 31.2. The highest BCUT2D eigenvalue weighted by Gasteiger charge is 2.17. The molecule has 0 aromatic heterocycles. The second kappa shape index (κ2) is 7.86. The van der Waals surface area contributed by atoms with Crippen LogP contribution in [0.5, 0.6) is 0 Å². The molecule has 0 heterocycles. The Morgan fingerprint density at radius 1 is 1.30 bits per heavy atom. The van der Waals surface area contributed by atoms with Crippen LogP contribution in [0.1, 0.15) is 16.8 Å². The number of halogens is 2. The van der Waals surface area contributed by atoms with E-state index < -0.39 is 17.5 Å². The summed E-state index contributed by atoms with van der Waals surface area (Å²) in [6.07, 6.45) is 0.336. The van der Waals surface area contributed by atoms with Gasteiger partial charge in [0.2, 0.25) is 0 Å². The van der Waals surface area contributed by atoms with E-state index in [1.165, 1.54) is 12.0 Å². The van der Waals surface area contributed by atoms with Gasteiger partial charge in [-0.3, -0.25) is 4.79 Å². The van der Waals surface area contributed by atoms with Gasteiger partial charge < -0.3 is 15.4 Å². The predicted octanol–water partition coefficient (Wildman–Crippen LogP) is 1.73. The van der Waals surface area contributed by atoms with Crippen LogP contribution in [0.15, 0.2) is 18.2 Å². The van der Waals surface area contributed by atoms with Gasteiger partial charge >= 0.3 is 0 Å². The summed E-state index contributed by atoms with van der Waals surface area (Å²) in [6.45, 7) is 0.868. The van der Waals surface area contributed by atoms with E-state index in [2.05, 4.69) is 0 Å². The molecule has 0 saturated heterocycles. The number of carbonyl (C=O) groups is 1. The SMILES string of the molecule is COCCN(CCC(N)=S)C(=O)c1cc(F)cc(F)c1. The zero-order valence-electron chi connectivity index (χ0n) is 11.1. The van der Waals surface area contributed by atoms with E-state index >= 15 is 0 Å². The van der Waals surface area contributed by atoms with E-state index in [-0.39, 0.29) is 23.6 Å². The van der Waals surface area contributed by atoms with Crippen LogP contribution in [-0.4, -0.2) is 42.6 Å². The molecule has 1 amide bonds. The van der Waals surface area contributed by atoms with Gasteiger partial charge in [0.25, 0.3) is 5.91 Å². The third-order valence-corrected chi connectivity index (χ3v) is 2.79. The van der Waals surface area contributed by atoms with Crippen molar-refractivity contribution >= 4 is 23.1 Å². The fourth-order valence-electron chi connectivity index (χ4n) is 1.62. The summed E-state index contributed by atoms with van der Waals surface area (Å²) in [7, 11) is 1.50. The van der Waals surface area contributed by atoms with Gasteiger partial charge in [-0.05, 0) is 12.1 Å². The Balaban J connectivity index is 2.87. The predicted molar refractivity (Wildman–Crippen MR) is 75.5 cm³/mol. The summed E-state index contributed by atoms with van der Waals surface area (Å²) in [5, 5.41) is 0. The summed E-state index contributed by atoms with van der Waals surface area (Å²) in [4.78, 5) is 13.9. The number of carbonyl (C=O) groups excluding carboxylic acids is 1. The van der Waals surface area contributed by atoms with Crippen LogP contribution in [0.4, 0.5) is 8.78 Å². The van der Waals surface area contributed by atoms with Crippen molar-refractivity contribution in [1.29, 1.82) is 0 Å². The van der Waals surface area contributed by atoms with Gasteiger partial charge in [-0.15, -0.1) is 0 Å². The number of benzene rings is 1. The van der Waals surface area contributed by atoms with E-state index in [1.54, 1.807) is 0 Å². The minimum absolute atomic E-state index is 0.0541. The first-order valence-corrected chi connectivity index (χ1v) is 6.37. The topological polar surface area (TPSA) is 55.6 Å². The van der Waals surface area contributed by atoms with Gasteiger partial charge in [0.05, 0.1) is 11.6 Å². The van der Waals surface area contributed by atoms with Crippen LogP contribution in [0.3, 0.4) is 0 Å². The zero-order chi connectivity index (χ0) is 15.1. The molecule has 0 fully saturated rings. The minimum Gasteiger partial charge on any atom is -0.393 e. The molecule has 110 valence electrons. The van der Waals surface area contributed by atoms with Crippen molar-refractivity contribution < 1.29 is 18.3 Å². The fourth-order valence-corrected chi connectivity index (χ4v) is 1.71. The molecule has 0 radical (unpaired) electrons. The molecule has 2 N–H and O–H groups in total. The molecule has 0 spiro atoms. The number of ether oxygens (including phenoxy) is 1. The van der Waals surface area contributed by atoms with Crippen molar-refractivity contribution in [2.24, 2.45) is 5.73 Å². The van der Waals surface area contributed by atoms with Crippen LogP contribution in [0, 0.1) is 11.6 Å². The van der Waals surface area contributed by atoms with Crippen molar-refractivity contribution in [1.82, 2.24) is 4.90 Å². The van der Waals surface area contributed by atoms with Crippen LogP contribution < -0.4 is 5.73 Å². The Kier molecular flexibility index (Phi) is 6.47. The third-order valence-electron chi connectivity index (χ3n) is 2.59. The summed E-state index contributed by atoms with van der Waals surface area (Å²) in [5.74, 6) is -2.08. The fraction of sp³-hybridized carbons (Fsp3) is 0.385. The number of nitrogens with zero attached hydrogens (tertiary/aromatic N) is 1. The Hall–Kier alpha value is -1.60. The zero-order valence-corrected chi connectivity index (χ0v) is 11.9. The molecule has 0 atom stereocenters. The van der Waals surface area contributed by atoms with E-state index in [0.717, 1.165) is 12.1 Å². The summed E-state index contributed by atoms with van der Waals surface area (Å²) in [5.41, 5.74) is 5.34. The Morgan fingerprint density at radius 3 is 2.40 bits per heavy atom. The molecule has 1 aromatic rings. The largest absolute Gasteiger partial charge is 0.393 e. The Morgan fingerprint density at radius 2 is 1.90 bits per heavy atom. The highest BCUT2D eigenvalue weighted by atomic mass is 32.1. The molecule has 1 rings (SSSR count). The van der Waals surface area contributed by atoms with Crippen LogP contribution in [0.25, 0.3) is 0 Å². The normalized spacial score (nSPS) is 10.3. The molecule has 4 nitrogen and oxygen atoms in total. The molecule has 0 unspecified atom stereocenters. The maximum Gasteiger partial charge on any atom is 0.254 e. The highest BCUT2D eigenvalue weighted by molar-refractivity contribution is 7.80. The van der Waals surface area contributed by atoms with Crippen LogP contribution in [-0.2, 0) is 4.74 Å². The van der Waals surface area contributed by atoms with Gasteiger partial charge in [0.1, 0.15) is 11.6 Å². The smallest absolute Gasteiger partial charge is 0.254 e. The van der Waals surface area contributed by atoms with E-state index in [9.17, 15) is 13.6 Å². The molecule has 0 aliphatic heterocycles. The van der Waals surface area contributed by atoms with Crippen molar-refractivity contribution in [2.75, 3.05) is 26.8 Å². The maximum absolute atomic E-state index is 13.1. The maximum atomic E-state index is 13.1. The number of hydrogen-bond donors (Lipinski definition) is 1. The molecular weight excluding hydrogens is 286 g/mol. The molecule has 1 aromatic carbocycles. The lowest BCUT2D eigenvalue weighted by Gasteiger charge is -2.22. The summed E-state index contributed by atoms with van der Waals surface area (Å²) >= 11 is 4.76. The van der Waals surface area contributed by atoms with Gasteiger partial charge in [0, 0.05) is 38.2 Å². The minimum atomic E-state index is -0.797. The molecule has 0 aliphatic carbocycles. The average molecular weight is 302 g/mol. The lowest BCUT2D eigenvalue weighted by Crippen LogP contribution is -2.36. The van der Waals surface area contributed by atoms with Crippen molar-refractivity contribution in [3.63, 3.8) is 0 Å². The summed E-state index contributed by atoms with van der Waals surface area (Å²) in [6, 6.07) is 2.70. The first kappa shape index (κ1) is 16.5. The van der Waals surface area contributed by atoms with Crippen molar-refractivity contribution in [3.8, 4) is 0 Å². The van der Waals surface area contributed by atoms with Gasteiger partial charge in [-0.25, -0.2) is 8.78 Å². The molecular formula is C13H16F2N2O2S. The van der Waals surface area contributed by atoms with Gasteiger partial charge in [-0.2, -0.15) is 0 Å². The number of hydrogen-bond acceptors (Lipinski definition) is 3. The quantitative estimate of drug-likeness (QED) is 0.779. The van der Waals surface area contributed by atoms with E-state index in [4.69, 9.17) is 22.7 Å². The average Bonchev–Trinajstić information content (AvgIpc) is 2.36. The van der Waals surface area contributed by atoms with Crippen molar-refractivity contribution in [3.05, 3.63) is 35.4 Å². The van der Waals surface area contributed by atoms with E-state index in [0.29, 0.717) is 19.1 Å². The first-order chi connectivity index (χ1) is 9.43. The molecule has 0 aliphatic rings. The van der Waals surface area contributed by atoms with E-state index in [1.807, 2.05) is 0 Å². The number of amides is 1. The number of rotatable bonds is 7. The standard InChI is InChI=1S/C13H16F2N2O2S/c1-19-5-4-17(3-2-12(16)20)13(18)9-6-10(14)8-11(15)7-9/h6-8H,2-5H2,1H3,(H2,16,20). The lowest BCUT2D eigenvalue weighted by molar-refractivity contribution is 0.0700. The van der Waals surface area contributed by atoms with Crippen LogP contribution in [0.2, 0.25) is 0 Å². The molecule has 0 saturated carbocycles. The second-order valence-electron chi connectivity index (χ2n) is 4.16. The number of thiocarbonyl (C=S) groups is 1. The number of nitrogens with two attached hydrogens (primary N) is 1. The molecule has 20 heavy (non-hydrogen) atoms. The Labute approximate surface area is 121 Å². The molecule has 7 heteroatoms. The number of methoxy groups -OCH3 is 1. The lowest BCUT2D eigenvalue weighted by atomic mass is 10.1.